The second kappa shape index (κ2) is 5.56. The Balaban J connectivity index is 2.89. The van der Waals surface area contributed by atoms with Crippen LogP contribution in [0, 0.1) is 0 Å². The molecule has 1 aromatic rings. The zero-order valence-corrected chi connectivity index (χ0v) is 10.2. The summed E-state index contributed by atoms with van der Waals surface area (Å²) in [5.41, 5.74) is 2.22. The molecule has 1 aromatic carbocycles. The molecule has 0 aliphatic carbocycles. The summed E-state index contributed by atoms with van der Waals surface area (Å²) in [5, 5.41) is 9.14. The molecular formula is C13H13BrO. The van der Waals surface area contributed by atoms with Crippen molar-refractivity contribution in [1.29, 1.82) is 0 Å². The van der Waals surface area contributed by atoms with Gasteiger partial charge in [0.25, 0.3) is 0 Å². The Hall–Kier alpha value is -1.28. The first kappa shape index (κ1) is 11.8. The van der Waals surface area contributed by atoms with Crippen LogP contribution < -0.4 is 0 Å². The van der Waals surface area contributed by atoms with E-state index in [0.717, 1.165) is 15.6 Å². The number of halogens is 1. The van der Waals surface area contributed by atoms with E-state index in [2.05, 4.69) is 22.5 Å². The van der Waals surface area contributed by atoms with Gasteiger partial charge in [-0.15, -0.1) is 0 Å². The van der Waals surface area contributed by atoms with Gasteiger partial charge in [0, 0.05) is 4.48 Å². The normalized spacial score (nSPS) is 12.7. The van der Waals surface area contributed by atoms with Crippen LogP contribution in [0.1, 0.15) is 12.5 Å². The molecule has 1 nitrogen and oxygen atoms in total. The van der Waals surface area contributed by atoms with E-state index in [4.69, 9.17) is 5.11 Å². The minimum absolute atomic E-state index is 0.286. The van der Waals surface area contributed by atoms with E-state index in [9.17, 15) is 0 Å². The second-order valence-electron chi connectivity index (χ2n) is 3.15. The van der Waals surface area contributed by atoms with E-state index in [1.807, 2.05) is 31.2 Å². The van der Waals surface area contributed by atoms with Crippen molar-refractivity contribution in [3.8, 4) is 5.75 Å². The monoisotopic (exact) mass is 264 g/mol. The minimum atomic E-state index is 0.286. The Kier molecular flexibility index (Phi) is 4.37. The third kappa shape index (κ3) is 3.76. The first-order valence-electron chi connectivity index (χ1n) is 4.59. The molecule has 0 saturated carbocycles. The lowest BCUT2D eigenvalue weighted by molar-refractivity contribution is 0.475. The highest BCUT2D eigenvalue weighted by Gasteiger charge is 1.94. The molecule has 0 spiro atoms. The molecule has 15 heavy (non-hydrogen) atoms. The fourth-order valence-corrected chi connectivity index (χ4v) is 1.23. The van der Waals surface area contributed by atoms with Gasteiger partial charge < -0.3 is 5.11 Å². The third-order valence-corrected chi connectivity index (χ3v) is 2.60. The van der Waals surface area contributed by atoms with Gasteiger partial charge in [0.05, 0.1) is 0 Å². The molecule has 0 unspecified atom stereocenters. The molecule has 0 aliphatic heterocycles. The maximum absolute atomic E-state index is 9.14. The van der Waals surface area contributed by atoms with Crippen molar-refractivity contribution >= 4 is 21.5 Å². The smallest absolute Gasteiger partial charge is 0.115 e. The van der Waals surface area contributed by atoms with Crippen LogP contribution in [0.3, 0.4) is 0 Å². The summed E-state index contributed by atoms with van der Waals surface area (Å²) in [7, 11) is 0. The largest absolute Gasteiger partial charge is 0.508 e. The molecule has 0 aromatic heterocycles. The molecule has 0 atom stereocenters. The lowest BCUT2D eigenvalue weighted by Gasteiger charge is -2.00. The Labute approximate surface area is 98.6 Å². The molecule has 0 bridgehead atoms. The fraction of sp³-hybridized carbons (Fsp3) is 0.0769. The van der Waals surface area contributed by atoms with Gasteiger partial charge in [-0.3, -0.25) is 0 Å². The lowest BCUT2D eigenvalue weighted by Crippen LogP contribution is -1.77. The van der Waals surface area contributed by atoms with Gasteiger partial charge in [-0.05, 0) is 36.3 Å². The number of phenolic OH excluding ortho intramolecular Hbond substituents is 1. The van der Waals surface area contributed by atoms with E-state index in [1.165, 1.54) is 0 Å². The predicted octanol–water partition coefficient (Wildman–Crippen LogP) is 4.26. The highest BCUT2D eigenvalue weighted by atomic mass is 79.9. The van der Waals surface area contributed by atoms with E-state index < -0.39 is 0 Å². The van der Waals surface area contributed by atoms with E-state index in [-0.39, 0.29) is 5.75 Å². The number of benzene rings is 1. The Bertz CT molecular complexity index is 399. The van der Waals surface area contributed by atoms with Crippen LogP contribution in [0.4, 0.5) is 0 Å². The second-order valence-corrected chi connectivity index (χ2v) is 4.07. The molecule has 2 heteroatoms. The molecule has 0 aliphatic rings. The molecule has 1 N–H and O–H groups in total. The van der Waals surface area contributed by atoms with Crippen molar-refractivity contribution in [2.75, 3.05) is 0 Å². The Morgan fingerprint density at radius 2 is 1.87 bits per heavy atom. The first-order chi connectivity index (χ1) is 7.13. The number of rotatable bonds is 3. The first-order valence-corrected chi connectivity index (χ1v) is 5.38. The zero-order chi connectivity index (χ0) is 11.3. The fourth-order valence-electron chi connectivity index (χ4n) is 1.09. The van der Waals surface area contributed by atoms with Crippen molar-refractivity contribution in [1.82, 2.24) is 0 Å². The predicted molar refractivity (Wildman–Crippen MR) is 69.0 cm³/mol. The summed E-state index contributed by atoms with van der Waals surface area (Å²) in [4.78, 5) is 0. The van der Waals surface area contributed by atoms with Crippen LogP contribution in [0.2, 0.25) is 0 Å². The molecule has 1 rings (SSSR count). The van der Waals surface area contributed by atoms with Crippen LogP contribution in [0.25, 0.3) is 5.57 Å². The SMILES string of the molecule is C=C/C(Br)=C\C=C(/C)c1ccc(O)cc1. The van der Waals surface area contributed by atoms with Crippen LogP contribution in [-0.4, -0.2) is 5.11 Å². The van der Waals surface area contributed by atoms with E-state index in [1.54, 1.807) is 18.2 Å². The van der Waals surface area contributed by atoms with Crippen LogP contribution in [-0.2, 0) is 0 Å². The van der Waals surface area contributed by atoms with Gasteiger partial charge >= 0.3 is 0 Å². The summed E-state index contributed by atoms with van der Waals surface area (Å²) < 4.78 is 0.945. The summed E-state index contributed by atoms with van der Waals surface area (Å²) in [6.07, 6.45) is 5.67. The number of phenols is 1. The average molecular weight is 265 g/mol. The molecule has 0 heterocycles. The maximum atomic E-state index is 9.14. The topological polar surface area (TPSA) is 20.2 Å². The summed E-state index contributed by atoms with van der Waals surface area (Å²) in [5.74, 6) is 0.286. The number of hydrogen-bond donors (Lipinski definition) is 1. The van der Waals surface area contributed by atoms with Crippen molar-refractivity contribution < 1.29 is 5.11 Å². The maximum Gasteiger partial charge on any atom is 0.115 e. The molecule has 0 fully saturated rings. The molecule has 78 valence electrons. The summed E-state index contributed by atoms with van der Waals surface area (Å²) in [6, 6.07) is 7.13. The van der Waals surface area contributed by atoms with Crippen LogP contribution in [0.15, 0.2) is 53.6 Å². The zero-order valence-electron chi connectivity index (χ0n) is 8.57. The minimum Gasteiger partial charge on any atom is -0.508 e. The van der Waals surface area contributed by atoms with Crippen molar-refractivity contribution in [2.24, 2.45) is 0 Å². The van der Waals surface area contributed by atoms with E-state index in [0.29, 0.717) is 0 Å². The van der Waals surface area contributed by atoms with Gasteiger partial charge in [0.15, 0.2) is 0 Å². The van der Waals surface area contributed by atoms with Gasteiger partial charge in [-0.1, -0.05) is 46.8 Å². The Morgan fingerprint density at radius 3 is 2.40 bits per heavy atom. The van der Waals surface area contributed by atoms with Crippen molar-refractivity contribution in [3.63, 3.8) is 0 Å². The van der Waals surface area contributed by atoms with E-state index >= 15 is 0 Å². The number of allylic oxidation sites excluding steroid dienone is 5. The van der Waals surface area contributed by atoms with Crippen molar-refractivity contribution in [2.45, 2.75) is 6.92 Å². The lowest BCUT2D eigenvalue weighted by atomic mass is 10.1. The molecule has 0 radical (unpaired) electrons. The number of hydrogen-bond acceptors (Lipinski definition) is 1. The van der Waals surface area contributed by atoms with Crippen molar-refractivity contribution in [3.05, 3.63) is 59.1 Å². The average Bonchev–Trinajstić information content (AvgIpc) is 2.26. The molecule has 0 saturated heterocycles. The Morgan fingerprint density at radius 1 is 1.27 bits per heavy atom. The summed E-state index contributed by atoms with van der Waals surface area (Å²) in [6.45, 7) is 5.67. The van der Waals surface area contributed by atoms with Crippen LogP contribution >= 0.6 is 15.9 Å². The van der Waals surface area contributed by atoms with Gasteiger partial charge in [0.1, 0.15) is 5.75 Å². The van der Waals surface area contributed by atoms with Gasteiger partial charge in [-0.25, -0.2) is 0 Å². The molecular weight excluding hydrogens is 252 g/mol. The highest BCUT2D eigenvalue weighted by Crippen LogP contribution is 2.18. The standard InChI is InChI=1S/C13H13BrO/c1-3-12(14)7-4-10(2)11-5-8-13(15)9-6-11/h3-9,15H,1H2,2H3/b10-4+,12-7+. The van der Waals surface area contributed by atoms with Gasteiger partial charge in [-0.2, -0.15) is 0 Å². The highest BCUT2D eigenvalue weighted by molar-refractivity contribution is 9.11. The quantitative estimate of drug-likeness (QED) is 0.809. The molecule has 0 amide bonds. The van der Waals surface area contributed by atoms with Gasteiger partial charge in [0.2, 0.25) is 0 Å². The third-order valence-electron chi connectivity index (χ3n) is 2.01. The summed E-state index contributed by atoms with van der Waals surface area (Å²) >= 11 is 3.35. The van der Waals surface area contributed by atoms with Crippen LogP contribution in [0.5, 0.6) is 5.75 Å². The number of aromatic hydroxyl groups is 1.